The second-order valence-electron chi connectivity index (χ2n) is 8.64. The van der Waals surface area contributed by atoms with Gasteiger partial charge in [-0.1, -0.05) is 29.8 Å². The Morgan fingerprint density at radius 3 is 2.30 bits per heavy atom. The van der Waals surface area contributed by atoms with Crippen LogP contribution in [0.4, 0.5) is 24.7 Å². The molecule has 2 aromatic carbocycles. The first-order chi connectivity index (χ1) is 17.6. The van der Waals surface area contributed by atoms with Crippen molar-refractivity contribution >= 4 is 39.0 Å². The number of sulfonamides is 1. The van der Waals surface area contributed by atoms with Crippen LogP contribution in [0.5, 0.6) is 0 Å². The number of fused-ring (bicyclic) bond motifs is 1. The lowest BCUT2D eigenvalue weighted by Gasteiger charge is -2.34. The number of alkyl halides is 3. The summed E-state index contributed by atoms with van der Waals surface area (Å²) >= 11 is 6.22. The molecule has 2 aliphatic heterocycles. The molecule has 0 saturated carbocycles. The van der Waals surface area contributed by atoms with Crippen molar-refractivity contribution in [2.24, 2.45) is 0 Å². The largest absolute Gasteiger partial charge is 0.471 e. The summed E-state index contributed by atoms with van der Waals surface area (Å²) in [6.45, 7) is 1.03. The molecule has 8 nitrogen and oxygen atoms in total. The first-order valence-corrected chi connectivity index (χ1v) is 13.2. The van der Waals surface area contributed by atoms with E-state index in [1.165, 1.54) is 22.5 Å². The summed E-state index contributed by atoms with van der Waals surface area (Å²) in [4.78, 5) is 14.2. The highest BCUT2D eigenvalue weighted by Crippen LogP contribution is 2.34. The van der Waals surface area contributed by atoms with Gasteiger partial charge in [0.1, 0.15) is 0 Å². The molecule has 2 aliphatic rings. The number of anilines is 2. The maximum atomic E-state index is 13.2. The maximum Gasteiger partial charge on any atom is 0.471 e. The van der Waals surface area contributed by atoms with Gasteiger partial charge in [-0.15, -0.1) is 10.2 Å². The van der Waals surface area contributed by atoms with Gasteiger partial charge in [0.15, 0.2) is 5.82 Å². The number of carbonyl (C=O) groups excluding carboxylic acids is 1. The minimum atomic E-state index is -4.99. The molecular weight excluding hydrogens is 531 g/mol. The van der Waals surface area contributed by atoms with Crippen LogP contribution < -0.4 is 9.80 Å². The van der Waals surface area contributed by atoms with Gasteiger partial charge in [-0.05, 0) is 48.4 Å². The van der Waals surface area contributed by atoms with E-state index in [4.69, 9.17) is 11.6 Å². The summed E-state index contributed by atoms with van der Waals surface area (Å²) in [5.41, 5.74) is 1.87. The fraction of sp³-hybridized carbons (Fsp3) is 0.292. The van der Waals surface area contributed by atoms with Gasteiger partial charge >= 0.3 is 12.1 Å². The quantitative estimate of drug-likeness (QED) is 0.491. The van der Waals surface area contributed by atoms with Gasteiger partial charge in [0.2, 0.25) is 10.0 Å². The van der Waals surface area contributed by atoms with Crippen LogP contribution in [0.2, 0.25) is 5.02 Å². The Labute approximate surface area is 216 Å². The van der Waals surface area contributed by atoms with Crippen LogP contribution in [0.1, 0.15) is 5.56 Å². The monoisotopic (exact) mass is 551 g/mol. The van der Waals surface area contributed by atoms with Crippen molar-refractivity contribution in [2.75, 3.05) is 42.5 Å². The van der Waals surface area contributed by atoms with Gasteiger partial charge in [-0.2, -0.15) is 17.5 Å². The summed E-state index contributed by atoms with van der Waals surface area (Å²) < 4.78 is 66.4. The average molecular weight is 552 g/mol. The third kappa shape index (κ3) is 4.88. The van der Waals surface area contributed by atoms with Crippen LogP contribution in [0.25, 0.3) is 11.3 Å². The van der Waals surface area contributed by atoms with Crippen LogP contribution in [-0.4, -0.2) is 67.7 Å². The Morgan fingerprint density at radius 1 is 0.919 bits per heavy atom. The third-order valence-electron chi connectivity index (χ3n) is 6.43. The average Bonchev–Trinajstić information content (AvgIpc) is 3.31. The highest BCUT2D eigenvalue weighted by atomic mass is 35.5. The Hall–Kier alpha value is -3.22. The third-order valence-corrected chi connectivity index (χ3v) is 8.66. The number of benzene rings is 2. The van der Waals surface area contributed by atoms with Crippen molar-refractivity contribution in [3.8, 4) is 11.3 Å². The van der Waals surface area contributed by atoms with Crippen molar-refractivity contribution < 1.29 is 26.4 Å². The van der Waals surface area contributed by atoms with E-state index in [1.807, 2.05) is 35.2 Å². The van der Waals surface area contributed by atoms with Crippen LogP contribution in [-0.2, 0) is 21.2 Å². The smallest absolute Gasteiger partial charge is 0.352 e. The molecule has 0 atom stereocenters. The van der Waals surface area contributed by atoms with Gasteiger partial charge < -0.3 is 9.80 Å². The maximum absolute atomic E-state index is 13.2. The highest BCUT2D eigenvalue weighted by Gasteiger charge is 2.45. The summed E-state index contributed by atoms with van der Waals surface area (Å²) in [6.07, 6.45) is -4.84. The molecule has 5 rings (SSSR count). The van der Waals surface area contributed by atoms with Crippen molar-refractivity contribution in [1.82, 2.24) is 14.5 Å². The van der Waals surface area contributed by atoms with Crippen LogP contribution in [0.3, 0.4) is 0 Å². The zero-order valence-corrected chi connectivity index (χ0v) is 20.9. The standard InChI is InChI=1S/C24H21ClF3N5O3S/c25-19-4-2-1-3-18(19)20-6-8-22(30-29-20)31-11-13-32(14-12-31)37(35,36)17-5-7-21-16(15-17)9-10-33(21)23(34)24(26,27)28/h1-8,15H,9-14H2. The lowest BCUT2D eigenvalue weighted by molar-refractivity contribution is -0.170. The lowest BCUT2D eigenvalue weighted by Crippen LogP contribution is -2.49. The Kier molecular flexibility index (Phi) is 6.59. The molecule has 0 bridgehead atoms. The Bertz CT molecular complexity index is 1440. The summed E-state index contributed by atoms with van der Waals surface area (Å²) in [5, 5.41) is 9.11. The van der Waals surface area contributed by atoms with Gasteiger partial charge in [-0.25, -0.2) is 8.42 Å². The molecular formula is C24H21ClF3N5O3S. The zero-order valence-electron chi connectivity index (χ0n) is 19.3. The van der Waals surface area contributed by atoms with Gasteiger partial charge in [0, 0.05) is 44.0 Å². The summed E-state index contributed by atoms with van der Waals surface area (Å²) in [7, 11) is -3.87. The molecule has 1 aromatic heterocycles. The molecule has 3 heterocycles. The first kappa shape index (κ1) is 25.4. The molecule has 0 N–H and O–H groups in total. The molecule has 1 amide bonds. The van der Waals surface area contributed by atoms with Crippen molar-refractivity contribution in [1.29, 1.82) is 0 Å². The van der Waals surface area contributed by atoms with Gasteiger partial charge in [-0.3, -0.25) is 4.79 Å². The molecule has 3 aromatic rings. The molecule has 0 spiro atoms. The number of hydrogen-bond donors (Lipinski definition) is 0. The second kappa shape index (κ2) is 9.58. The molecule has 194 valence electrons. The van der Waals surface area contributed by atoms with Crippen LogP contribution in [0, 0.1) is 0 Å². The lowest BCUT2D eigenvalue weighted by atomic mass is 10.1. The van der Waals surface area contributed by atoms with E-state index in [1.54, 1.807) is 6.07 Å². The van der Waals surface area contributed by atoms with E-state index < -0.39 is 22.1 Å². The topological polar surface area (TPSA) is 86.7 Å². The van der Waals surface area contributed by atoms with Crippen molar-refractivity contribution in [3.63, 3.8) is 0 Å². The highest BCUT2D eigenvalue weighted by molar-refractivity contribution is 7.89. The normalized spacial score (nSPS) is 16.6. The predicted octanol–water partition coefficient (Wildman–Crippen LogP) is 3.76. The number of carbonyl (C=O) groups is 1. The van der Waals surface area contributed by atoms with Crippen molar-refractivity contribution in [2.45, 2.75) is 17.5 Å². The van der Waals surface area contributed by atoms with Gasteiger partial charge in [0.05, 0.1) is 15.6 Å². The predicted molar refractivity (Wildman–Crippen MR) is 132 cm³/mol. The Balaban J connectivity index is 1.26. The molecule has 1 saturated heterocycles. The number of halogens is 4. The Morgan fingerprint density at radius 2 is 1.65 bits per heavy atom. The molecule has 1 fully saturated rings. The number of hydrogen-bond acceptors (Lipinski definition) is 6. The summed E-state index contributed by atoms with van der Waals surface area (Å²) in [6, 6.07) is 14.8. The van der Waals surface area contributed by atoms with E-state index in [0.29, 0.717) is 40.1 Å². The van der Waals surface area contributed by atoms with E-state index in [0.717, 1.165) is 5.56 Å². The minimum absolute atomic E-state index is 0.00936. The first-order valence-electron chi connectivity index (χ1n) is 11.4. The number of nitrogens with zero attached hydrogens (tertiary/aromatic N) is 5. The molecule has 13 heteroatoms. The van der Waals surface area contributed by atoms with Crippen LogP contribution >= 0.6 is 11.6 Å². The van der Waals surface area contributed by atoms with E-state index in [9.17, 15) is 26.4 Å². The number of amides is 1. The fourth-order valence-corrected chi connectivity index (χ4v) is 6.22. The number of piperazine rings is 1. The van der Waals surface area contributed by atoms with Gasteiger partial charge in [0.25, 0.3) is 0 Å². The molecule has 0 unspecified atom stereocenters. The number of rotatable bonds is 4. The van der Waals surface area contributed by atoms with E-state index in [-0.39, 0.29) is 36.6 Å². The van der Waals surface area contributed by atoms with E-state index in [2.05, 4.69) is 10.2 Å². The molecule has 0 aliphatic carbocycles. The van der Waals surface area contributed by atoms with Crippen LogP contribution in [0.15, 0.2) is 59.5 Å². The zero-order chi connectivity index (χ0) is 26.4. The summed E-state index contributed by atoms with van der Waals surface area (Å²) in [5.74, 6) is -1.35. The number of aromatic nitrogens is 2. The molecule has 0 radical (unpaired) electrons. The SMILES string of the molecule is O=C(N1CCc2cc(S(=O)(=O)N3CCN(c4ccc(-c5ccccc5Cl)nn4)CC3)ccc21)C(F)(F)F. The second-order valence-corrected chi connectivity index (χ2v) is 11.0. The van der Waals surface area contributed by atoms with E-state index >= 15 is 0 Å². The minimum Gasteiger partial charge on any atom is -0.352 e. The molecule has 37 heavy (non-hydrogen) atoms. The fourth-order valence-electron chi connectivity index (χ4n) is 4.52. The van der Waals surface area contributed by atoms with Crippen molar-refractivity contribution in [3.05, 3.63) is 65.2 Å².